The summed E-state index contributed by atoms with van der Waals surface area (Å²) in [5.74, 6) is -0.425. The van der Waals surface area contributed by atoms with Crippen molar-refractivity contribution in [1.29, 1.82) is 0 Å². The van der Waals surface area contributed by atoms with E-state index in [2.05, 4.69) is 10.3 Å². The Morgan fingerprint density at radius 3 is 2.80 bits per heavy atom. The Kier molecular flexibility index (Phi) is 4.72. The number of carbonyl (C=O) groups excluding carboxylic acids is 1. The van der Waals surface area contributed by atoms with Gasteiger partial charge in [0, 0.05) is 35.3 Å². The predicted octanol–water partition coefficient (Wildman–Crippen LogP) is 4.01. The quantitative estimate of drug-likeness (QED) is 0.534. The number of nitrogens with zero attached hydrogens (tertiary/aromatic N) is 1. The first kappa shape index (κ1) is 17.0. The minimum atomic E-state index is -0.553. The standard InChI is InChI=1S/C18H16ClN3O3/c1-11-13(14-4-2-3-5-17(14)21-11)8-9-20-18(23)15-10-12(22(24)25)6-7-16(15)19/h2-7,10,21H,8-9H2,1H3,(H,20,23). The van der Waals surface area contributed by atoms with Crippen molar-refractivity contribution in [1.82, 2.24) is 10.3 Å². The normalized spacial score (nSPS) is 10.8. The number of halogens is 1. The van der Waals surface area contributed by atoms with E-state index in [0.29, 0.717) is 13.0 Å². The lowest BCUT2D eigenvalue weighted by atomic mass is 10.1. The van der Waals surface area contributed by atoms with Gasteiger partial charge in [-0.05, 0) is 31.0 Å². The number of aromatic amines is 1. The van der Waals surface area contributed by atoms with Crippen LogP contribution in [0.2, 0.25) is 5.02 Å². The van der Waals surface area contributed by atoms with E-state index in [0.717, 1.165) is 22.2 Å². The molecule has 3 rings (SSSR count). The Labute approximate surface area is 149 Å². The summed E-state index contributed by atoms with van der Waals surface area (Å²) in [7, 11) is 0. The number of aryl methyl sites for hydroxylation is 1. The zero-order valence-corrected chi connectivity index (χ0v) is 14.3. The van der Waals surface area contributed by atoms with Gasteiger partial charge < -0.3 is 10.3 Å². The van der Waals surface area contributed by atoms with E-state index in [9.17, 15) is 14.9 Å². The first-order valence-electron chi connectivity index (χ1n) is 7.75. The lowest BCUT2D eigenvalue weighted by Crippen LogP contribution is -2.26. The number of amides is 1. The van der Waals surface area contributed by atoms with Crippen molar-refractivity contribution in [3.8, 4) is 0 Å². The van der Waals surface area contributed by atoms with E-state index in [1.165, 1.54) is 18.2 Å². The number of carbonyl (C=O) groups is 1. The number of hydrogen-bond acceptors (Lipinski definition) is 3. The molecule has 0 atom stereocenters. The topological polar surface area (TPSA) is 88.0 Å². The number of rotatable bonds is 5. The van der Waals surface area contributed by atoms with Crippen LogP contribution in [-0.4, -0.2) is 22.4 Å². The van der Waals surface area contributed by atoms with Crippen molar-refractivity contribution in [2.24, 2.45) is 0 Å². The van der Waals surface area contributed by atoms with E-state index in [-0.39, 0.29) is 16.3 Å². The molecule has 1 heterocycles. The van der Waals surface area contributed by atoms with Gasteiger partial charge in [-0.2, -0.15) is 0 Å². The Hall–Kier alpha value is -2.86. The van der Waals surface area contributed by atoms with Gasteiger partial charge in [-0.25, -0.2) is 0 Å². The monoisotopic (exact) mass is 357 g/mol. The maximum absolute atomic E-state index is 12.3. The van der Waals surface area contributed by atoms with Gasteiger partial charge >= 0.3 is 0 Å². The SMILES string of the molecule is Cc1[nH]c2ccccc2c1CCNC(=O)c1cc([N+](=O)[O-])ccc1Cl. The molecule has 2 N–H and O–H groups in total. The van der Waals surface area contributed by atoms with Crippen LogP contribution >= 0.6 is 11.6 Å². The molecule has 1 aromatic heterocycles. The lowest BCUT2D eigenvalue weighted by Gasteiger charge is -2.07. The molecule has 25 heavy (non-hydrogen) atoms. The van der Waals surface area contributed by atoms with E-state index >= 15 is 0 Å². The first-order valence-corrected chi connectivity index (χ1v) is 8.13. The average Bonchev–Trinajstić information content (AvgIpc) is 2.90. The number of benzene rings is 2. The van der Waals surface area contributed by atoms with Crippen LogP contribution in [0.5, 0.6) is 0 Å². The van der Waals surface area contributed by atoms with Crippen LogP contribution in [-0.2, 0) is 6.42 Å². The second-order valence-electron chi connectivity index (χ2n) is 5.70. The highest BCUT2D eigenvalue weighted by molar-refractivity contribution is 6.33. The summed E-state index contributed by atoms with van der Waals surface area (Å²) in [6, 6.07) is 11.8. The molecular weight excluding hydrogens is 342 g/mol. The molecular formula is C18H16ClN3O3. The second-order valence-corrected chi connectivity index (χ2v) is 6.11. The lowest BCUT2D eigenvalue weighted by molar-refractivity contribution is -0.384. The molecule has 2 aromatic carbocycles. The molecule has 1 amide bonds. The molecule has 0 spiro atoms. The number of H-pyrrole nitrogens is 1. The molecule has 0 aliphatic heterocycles. The Morgan fingerprint density at radius 1 is 1.28 bits per heavy atom. The Balaban J connectivity index is 1.72. The van der Waals surface area contributed by atoms with Gasteiger partial charge in [0.2, 0.25) is 0 Å². The fraction of sp³-hybridized carbons (Fsp3) is 0.167. The Bertz CT molecular complexity index is 965. The van der Waals surface area contributed by atoms with E-state index in [1.807, 2.05) is 31.2 Å². The van der Waals surface area contributed by atoms with Crippen molar-refractivity contribution < 1.29 is 9.72 Å². The smallest absolute Gasteiger partial charge is 0.270 e. The third-order valence-corrected chi connectivity index (χ3v) is 4.42. The number of nitro groups is 1. The van der Waals surface area contributed by atoms with Gasteiger partial charge in [0.05, 0.1) is 15.5 Å². The summed E-state index contributed by atoms with van der Waals surface area (Å²) < 4.78 is 0. The van der Waals surface area contributed by atoms with E-state index in [1.54, 1.807) is 0 Å². The maximum Gasteiger partial charge on any atom is 0.270 e. The molecule has 7 heteroatoms. The second kappa shape index (κ2) is 6.94. The molecule has 0 bridgehead atoms. The molecule has 128 valence electrons. The highest BCUT2D eigenvalue weighted by Gasteiger charge is 2.16. The van der Waals surface area contributed by atoms with Crippen molar-refractivity contribution in [3.05, 3.63) is 74.4 Å². The van der Waals surface area contributed by atoms with E-state index in [4.69, 9.17) is 11.6 Å². The van der Waals surface area contributed by atoms with Gasteiger partial charge in [0.25, 0.3) is 11.6 Å². The van der Waals surface area contributed by atoms with Crippen LogP contribution in [0, 0.1) is 17.0 Å². The fourth-order valence-electron chi connectivity index (χ4n) is 2.85. The van der Waals surface area contributed by atoms with Gasteiger partial charge in [0.15, 0.2) is 0 Å². The highest BCUT2D eigenvalue weighted by atomic mass is 35.5. The fourth-order valence-corrected chi connectivity index (χ4v) is 3.06. The van der Waals surface area contributed by atoms with Crippen molar-refractivity contribution in [2.45, 2.75) is 13.3 Å². The third kappa shape index (κ3) is 3.49. The molecule has 0 unspecified atom stereocenters. The number of para-hydroxylation sites is 1. The molecule has 0 saturated carbocycles. The third-order valence-electron chi connectivity index (χ3n) is 4.09. The summed E-state index contributed by atoms with van der Waals surface area (Å²) in [5.41, 5.74) is 3.20. The van der Waals surface area contributed by atoms with Gasteiger partial charge in [0.1, 0.15) is 0 Å². The van der Waals surface area contributed by atoms with Crippen LogP contribution in [0.25, 0.3) is 10.9 Å². The largest absolute Gasteiger partial charge is 0.358 e. The molecule has 0 radical (unpaired) electrons. The van der Waals surface area contributed by atoms with Crippen molar-refractivity contribution in [2.75, 3.05) is 6.54 Å². The Morgan fingerprint density at radius 2 is 2.04 bits per heavy atom. The average molecular weight is 358 g/mol. The van der Waals surface area contributed by atoms with Gasteiger partial charge in [-0.15, -0.1) is 0 Å². The summed E-state index contributed by atoms with van der Waals surface area (Å²) >= 11 is 5.99. The maximum atomic E-state index is 12.3. The zero-order valence-electron chi connectivity index (χ0n) is 13.5. The molecule has 0 saturated heterocycles. The van der Waals surface area contributed by atoms with Crippen molar-refractivity contribution >= 4 is 34.1 Å². The molecule has 0 aliphatic rings. The molecule has 3 aromatic rings. The number of non-ortho nitro benzene ring substituents is 1. The number of aromatic nitrogens is 1. The van der Waals surface area contributed by atoms with Crippen LogP contribution in [0.1, 0.15) is 21.6 Å². The molecule has 0 aliphatic carbocycles. The number of hydrogen-bond donors (Lipinski definition) is 2. The minimum absolute atomic E-state index is 0.103. The number of nitrogens with one attached hydrogen (secondary N) is 2. The van der Waals surface area contributed by atoms with Crippen LogP contribution in [0.3, 0.4) is 0 Å². The molecule has 6 nitrogen and oxygen atoms in total. The number of fused-ring (bicyclic) bond motifs is 1. The first-order chi connectivity index (χ1) is 12.0. The van der Waals surface area contributed by atoms with E-state index < -0.39 is 10.8 Å². The highest BCUT2D eigenvalue weighted by Crippen LogP contribution is 2.23. The van der Waals surface area contributed by atoms with Crippen LogP contribution in [0.15, 0.2) is 42.5 Å². The zero-order chi connectivity index (χ0) is 18.0. The van der Waals surface area contributed by atoms with Crippen LogP contribution < -0.4 is 5.32 Å². The summed E-state index contributed by atoms with van der Waals surface area (Å²) in [4.78, 5) is 25.9. The summed E-state index contributed by atoms with van der Waals surface area (Å²) in [6.07, 6.45) is 0.647. The summed E-state index contributed by atoms with van der Waals surface area (Å²) in [5, 5.41) is 14.9. The predicted molar refractivity (Wildman–Crippen MR) is 97.2 cm³/mol. The minimum Gasteiger partial charge on any atom is -0.358 e. The number of nitro benzene ring substituents is 1. The van der Waals surface area contributed by atoms with Gasteiger partial charge in [-0.3, -0.25) is 14.9 Å². The molecule has 0 fully saturated rings. The summed E-state index contributed by atoms with van der Waals surface area (Å²) in [6.45, 7) is 2.40. The van der Waals surface area contributed by atoms with Gasteiger partial charge in [-0.1, -0.05) is 29.8 Å². The van der Waals surface area contributed by atoms with Crippen molar-refractivity contribution in [3.63, 3.8) is 0 Å². The van der Waals surface area contributed by atoms with Crippen LogP contribution in [0.4, 0.5) is 5.69 Å².